The van der Waals surface area contributed by atoms with Crippen LogP contribution in [0.5, 0.6) is 0 Å². The molecule has 0 spiro atoms. The van der Waals surface area contributed by atoms with Crippen LogP contribution < -0.4 is 0 Å². The van der Waals surface area contributed by atoms with Gasteiger partial charge in [0, 0.05) is 12.6 Å². The van der Waals surface area contributed by atoms with E-state index in [9.17, 15) is 5.11 Å². The third-order valence-corrected chi connectivity index (χ3v) is 5.08. The number of aliphatic hydroxyl groups excluding tert-OH is 1. The van der Waals surface area contributed by atoms with Gasteiger partial charge in [-0.2, -0.15) is 0 Å². The zero-order chi connectivity index (χ0) is 14.5. The molecule has 1 N–H and O–H groups in total. The molecule has 1 aliphatic heterocycles. The van der Waals surface area contributed by atoms with E-state index in [0.717, 1.165) is 32.4 Å². The van der Waals surface area contributed by atoms with E-state index >= 15 is 0 Å². The molecule has 0 aromatic rings. The second-order valence-electron chi connectivity index (χ2n) is 6.78. The van der Waals surface area contributed by atoms with Gasteiger partial charge in [-0.1, -0.05) is 13.3 Å². The van der Waals surface area contributed by atoms with Crippen LogP contribution in [-0.2, 0) is 4.74 Å². The van der Waals surface area contributed by atoms with Crippen LogP contribution in [0.15, 0.2) is 0 Å². The summed E-state index contributed by atoms with van der Waals surface area (Å²) >= 11 is 0. The molecule has 0 aromatic heterocycles. The predicted molar refractivity (Wildman–Crippen MR) is 80.4 cm³/mol. The lowest BCUT2D eigenvalue weighted by molar-refractivity contribution is -0.0542. The largest absolute Gasteiger partial charge is 0.391 e. The molecule has 1 fully saturated rings. The van der Waals surface area contributed by atoms with E-state index < -0.39 is 0 Å². The third-order valence-electron chi connectivity index (χ3n) is 5.08. The van der Waals surface area contributed by atoms with Crippen molar-refractivity contribution in [3.8, 4) is 0 Å². The molecule has 0 radical (unpaired) electrons. The van der Waals surface area contributed by atoms with Gasteiger partial charge in [0.1, 0.15) is 0 Å². The van der Waals surface area contributed by atoms with Crippen molar-refractivity contribution in [2.45, 2.75) is 83.5 Å². The summed E-state index contributed by atoms with van der Waals surface area (Å²) in [6, 6.07) is 0. The Morgan fingerprint density at radius 2 is 1.74 bits per heavy atom. The highest BCUT2D eigenvalue weighted by atomic mass is 16.5. The lowest BCUT2D eigenvalue weighted by Gasteiger charge is -2.46. The Balaban J connectivity index is 2.61. The number of hydrogen-bond acceptors (Lipinski definition) is 3. The van der Waals surface area contributed by atoms with Crippen molar-refractivity contribution < 1.29 is 9.84 Å². The summed E-state index contributed by atoms with van der Waals surface area (Å²) in [6.07, 6.45) is 6.31. The fourth-order valence-electron chi connectivity index (χ4n) is 2.97. The first-order valence-electron chi connectivity index (χ1n) is 7.84. The molecule has 0 aromatic carbocycles. The molecular weight excluding hydrogens is 238 g/mol. The van der Waals surface area contributed by atoms with Gasteiger partial charge in [0.15, 0.2) is 0 Å². The average Bonchev–Trinajstić information content (AvgIpc) is 2.44. The number of methoxy groups -OCH3 is 1. The Kier molecular flexibility index (Phi) is 6.28. The molecule has 1 saturated heterocycles. The minimum Gasteiger partial charge on any atom is -0.391 e. The smallest absolute Gasteiger partial charge is 0.0722 e. The maximum atomic E-state index is 10.7. The standard InChI is InChI=1S/C16H33NO2/c1-6-16(4,17-12-8-7-9-13-17)14(18)10-11-15(2,3)19-5/h14,18H,6-13H2,1-5H3. The van der Waals surface area contributed by atoms with Gasteiger partial charge in [0.05, 0.1) is 11.7 Å². The van der Waals surface area contributed by atoms with Crippen LogP contribution in [0.1, 0.15) is 66.2 Å². The zero-order valence-electron chi connectivity index (χ0n) is 13.5. The maximum absolute atomic E-state index is 10.7. The molecule has 2 atom stereocenters. The summed E-state index contributed by atoms with van der Waals surface area (Å²) in [5.74, 6) is 0. The first-order chi connectivity index (χ1) is 8.85. The van der Waals surface area contributed by atoms with Crippen LogP contribution in [-0.4, -0.2) is 47.4 Å². The molecule has 2 unspecified atom stereocenters. The molecule has 0 saturated carbocycles. The first kappa shape index (κ1) is 16.9. The Bertz CT molecular complexity index is 261. The molecule has 3 heteroatoms. The Hall–Kier alpha value is -0.120. The van der Waals surface area contributed by atoms with Crippen molar-refractivity contribution in [2.24, 2.45) is 0 Å². The average molecular weight is 271 g/mol. The van der Waals surface area contributed by atoms with Gasteiger partial charge >= 0.3 is 0 Å². The fraction of sp³-hybridized carbons (Fsp3) is 1.00. The quantitative estimate of drug-likeness (QED) is 0.772. The van der Waals surface area contributed by atoms with Crippen LogP contribution in [0.3, 0.4) is 0 Å². The van der Waals surface area contributed by atoms with Gasteiger partial charge < -0.3 is 9.84 Å². The molecule has 1 heterocycles. The molecule has 0 amide bonds. The molecular formula is C16H33NO2. The molecule has 1 aliphatic rings. The van der Waals surface area contributed by atoms with Gasteiger partial charge in [-0.3, -0.25) is 4.90 Å². The minimum absolute atomic E-state index is 0.0791. The first-order valence-corrected chi connectivity index (χ1v) is 7.84. The normalized spacial score (nSPS) is 23.1. The van der Waals surface area contributed by atoms with Crippen molar-refractivity contribution in [1.29, 1.82) is 0 Å². The highest BCUT2D eigenvalue weighted by molar-refractivity contribution is 4.93. The van der Waals surface area contributed by atoms with Crippen molar-refractivity contribution in [2.75, 3.05) is 20.2 Å². The van der Waals surface area contributed by atoms with Gasteiger partial charge in [0.25, 0.3) is 0 Å². The van der Waals surface area contributed by atoms with Gasteiger partial charge in [-0.15, -0.1) is 0 Å². The highest BCUT2D eigenvalue weighted by Crippen LogP contribution is 2.31. The van der Waals surface area contributed by atoms with E-state index in [1.54, 1.807) is 7.11 Å². The number of hydrogen-bond donors (Lipinski definition) is 1. The van der Waals surface area contributed by atoms with Crippen LogP contribution >= 0.6 is 0 Å². The van der Waals surface area contributed by atoms with Crippen LogP contribution in [0.2, 0.25) is 0 Å². The highest BCUT2D eigenvalue weighted by Gasteiger charge is 2.38. The molecule has 114 valence electrons. The monoisotopic (exact) mass is 271 g/mol. The topological polar surface area (TPSA) is 32.7 Å². The minimum atomic E-state index is -0.273. The third kappa shape index (κ3) is 4.44. The van der Waals surface area contributed by atoms with Gasteiger partial charge in [-0.05, 0) is 66.0 Å². The number of rotatable bonds is 7. The summed E-state index contributed by atoms with van der Waals surface area (Å²) in [6.45, 7) is 10.9. The lowest BCUT2D eigenvalue weighted by atomic mass is 9.83. The molecule has 0 aliphatic carbocycles. The molecule has 1 rings (SSSR count). The van der Waals surface area contributed by atoms with Gasteiger partial charge in [0.2, 0.25) is 0 Å². The number of ether oxygens (including phenoxy) is 1. The van der Waals surface area contributed by atoms with Crippen LogP contribution in [0.4, 0.5) is 0 Å². The number of piperidine rings is 1. The summed E-state index contributed by atoms with van der Waals surface area (Å²) in [5, 5.41) is 10.7. The second-order valence-corrected chi connectivity index (χ2v) is 6.78. The fourth-order valence-corrected chi connectivity index (χ4v) is 2.97. The van der Waals surface area contributed by atoms with E-state index in [2.05, 4.69) is 32.6 Å². The maximum Gasteiger partial charge on any atom is 0.0722 e. The van der Waals surface area contributed by atoms with Crippen molar-refractivity contribution >= 4 is 0 Å². The van der Waals surface area contributed by atoms with Crippen LogP contribution in [0, 0.1) is 0 Å². The van der Waals surface area contributed by atoms with E-state index in [0.29, 0.717) is 0 Å². The Morgan fingerprint density at radius 3 is 2.21 bits per heavy atom. The summed E-state index contributed by atoms with van der Waals surface area (Å²) < 4.78 is 5.46. The van der Waals surface area contributed by atoms with E-state index in [4.69, 9.17) is 4.74 Å². The lowest BCUT2D eigenvalue weighted by Crippen LogP contribution is -2.56. The molecule has 0 bridgehead atoms. The number of aliphatic hydroxyl groups is 1. The summed E-state index contributed by atoms with van der Waals surface area (Å²) in [4.78, 5) is 2.50. The van der Waals surface area contributed by atoms with Crippen molar-refractivity contribution in [1.82, 2.24) is 4.90 Å². The second kappa shape index (κ2) is 7.05. The predicted octanol–water partition coefficient (Wildman–Crippen LogP) is 3.21. The number of nitrogens with zero attached hydrogens (tertiary/aromatic N) is 1. The van der Waals surface area contributed by atoms with Crippen molar-refractivity contribution in [3.05, 3.63) is 0 Å². The van der Waals surface area contributed by atoms with E-state index in [1.807, 2.05) is 0 Å². The summed E-state index contributed by atoms with van der Waals surface area (Å²) in [7, 11) is 1.75. The Morgan fingerprint density at radius 1 is 1.16 bits per heavy atom. The van der Waals surface area contributed by atoms with Crippen molar-refractivity contribution in [3.63, 3.8) is 0 Å². The summed E-state index contributed by atoms with van der Waals surface area (Å²) in [5.41, 5.74) is -0.220. The van der Waals surface area contributed by atoms with Gasteiger partial charge in [-0.25, -0.2) is 0 Å². The van der Waals surface area contributed by atoms with Crippen LogP contribution in [0.25, 0.3) is 0 Å². The SMILES string of the molecule is CCC(C)(C(O)CCC(C)(C)OC)N1CCCCC1. The van der Waals surface area contributed by atoms with E-state index in [1.165, 1.54) is 19.3 Å². The molecule has 19 heavy (non-hydrogen) atoms. The van der Waals surface area contributed by atoms with E-state index in [-0.39, 0.29) is 17.2 Å². The number of likely N-dealkylation sites (tertiary alicyclic amines) is 1. The molecule has 3 nitrogen and oxygen atoms in total. The Labute approximate surface area is 119 Å². The zero-order valence-corrected chi connectivity index (χ0v) is 13.5.